The second-order valence-corrected chi connectivity index (χ2v) is 10.5. The van der Waals surface area contributed by atoms with Gasteiger partial charge in [0.2, 0.25) is 10.0 Å². The first-order valence-corrected chi connectivity index (χ1v) is 12.5. The van der Waals surface area contributed by atoms with Gasteiger partial charge in [-0.2, -0.15) is 4.31 Å². The van der Waals surface area contributed by atoms with E-state index in [0.717, 1.165) is 25.2 Å². The summed E-state index contributed by atoms with van der Waals surface area (Å²) in [6, 6.07) is 14.8. The molecular formula is C24H31N3O3S. The van der Waals surface area contributed by atoms with E-state index in [4.69, 9.17) is 0 Å². The SMILES string of the molecule is Cc1ccc(S(=O)(=O)N2CCN(C(=O)c3ccc(CN4CCCCC4)cc3)CC2)cc1. The summed E-state index contributed by atoms with van der Waals surface area (Å²) in [6.07, 6.45) is 3.86. The monoisotopic (exact) mass is 441 g/mol. The predicted molar refractivity (Wildman–Crippen MR) is 121 cm³/mol. The fourth-order valence-electron chi connectivity index (χ4n) is 4.30. The number of hydrogen-bond donors (Lipinski definition) is 0. The average Bonchev–Trinajstić information content (AvgIpc) is 2.80. The molecule has 0 bridgehead atoms. The minimum absolute atomic E-state index is 0.0306. The molecule has 31 heavy (non-hydrogen) atoms. The van der Waals surface area contributed by atoms with Crippen LogP contribution in [0.3, 0.4) is 0 Å². The number of carbonyl (C=O) groups excluding carboxylic acids is 1. The Bertz CT molecular complexity index is 989. The quantitative estimate of drug-likeness (QED) is 0.715. The largest absolute Gasteiger partial charge is 0.336 e. The molecule has 2 heterocycles. The van der Waals surface area contributed by atoms with Gasteiger partial charge in [0.05, 0.1) is 4.90 Å². The molecule has 0 radical (unpaired) electrons. The second kappa shape index (κ2) is 9.51. The van der Waals surface area contributed by atoms with Crippen LogP contribution in [0, 0.1) is 6.92 Å². The number of carbonyl (C=O) groups is 1. The van der Waals surface area contributed by atoms with Gasteiger partial charge in [0.15, 0.2) is 0 Å². The summed E-state index contributed by atoms with van der Waals surface area (Å²) in [5.74, 6) is -0.0306. The maximum Gasteiger partial charge on any atom is 0.253 e. The molecule has 2 fully saturated rings. The molecule has 166 valence electrons. The van der Waals surface area contributed by atoms with Crippen molar-refractivity contribution >= 4 is 15.9 Å². The van der Waals surface area contributed by atoms with Crippen molar-refractivity contribution in [1.29, 1.82) is 0 Å². The standard InChI is InChI=1S/C24H31N3O3S/c1-20-5-11-23(12-6-20)31(29,30)27-17-15-26(16-18-27)24(28)22-9-7-21(8-10-22)19-25-13-3-2-4-14-25/h5-12H,2-4,13-19H2,1H3. The number of piperazine rings is 1. The van der Waals surface area contributed by atoms with Gasteiger partial charge in [-0.25, -0.2) is 8.42 Å². The molecule has 2 aliphatic rings. The summed E-state index contributed by atoms with van der Waals surface area (Å²) >= 11 is 0. The normalized spacial score (nSPS) is 18.8. The average molecular weight is 442 g/mol. The van der Waals surface area contributed by atoms with Gasteiger partial charge in [-0.15, -0.1) is 0 Å². The van der Waals surface area contributed by atoms with E-state index in [1.54, 1.807) is 17.0 Å². The third-order valence-corrected chi connectivity index (χ3v) is 8.15. The Kier molecular flexibility index (Phi) is 6.74. The number of benzene rings is 2. The van der Waals surface area contributed by atoms with Gasteiger partial charge in [-0.1, -0.05) is 36.2 Å². The van der Waals surface area contributed by atoms with E-state index in [2.05, 4.69) is 4.90 Å². The van der Waals surface area contributed by atoms with Crippen LogP contribution in [0.15, 0.2) is 53.4 Å². The minimum atomic E-state index is -3.52. The highest BCUT2D eigenvalue weighted by Crippen LogP contribution is 2.20. The Morgan fingerprint density at radius 2 is 1.42 bits per heavy atom. The van der Waals surface area contributed by atoms with Crippen molar-refractivity contribution in [2.45, 2.75) is 37.6 Å². The van der Waals surface area contributed by atoms with Crippen LogP contribution in [-0.2, 0) is 16.6 Å². The highest BCUT2D eigenvalue weighted by atomic mass is 32.2. The summed E-state index contributed by atoms with van der Waals surface area (Å²) in [7, 11) is -3.52. The smallest absolute Gasteiger partial charge is 0.253 e. The Morgan fingerprint density at radius 1 is 0.806 bits per heavy atom. The van der Waals surface area contributed by atoms with Gasteiger partial charge in [-0.3, -0.25) is 9.69 Å². The number of piperidine rings is 1. The third-order valence-electron chi connectivity index (χ3n) is 6.24. The van der Waals surface area contributed by atoms with Crippen molar-refractivity contribution in [3.63, 3.8) is 0 Å². The van der Waals surface area contributed by atoms with Gasteiger partial charge in [0, 0.05) is 38.3 Å². The van der Waals surface area contributed by atoms with Crippen LogP contribution in [0.5, 0.6) is 0 Å². The molecule has 0 atom stereocenters. The molecule has 0 saturated carbocycles. The van der Waals surface area contributed by atoms with Crippen molar-refractivity contribution < 1.29 is 13.2 Å². The number of likely N-dealkylation sites (tertiary alicyclic amines) is 1. The highest BCUT2D eigenvalue weighted by Gasteiger charge is 2.30. The molecule has 2 saturated heterocycles. The van der Waals surface area contributed by atoms with Crippen molar-refractivity contribution in [3.8, 4) is 0 Å². The molecule has 0 N–H and O–H groups in total. The van der Waals surface area contributed by atoms with Crippen LogP contribution in [0.25, 0.3) is 0 Å². The Hall–Kier alpha value is -2.22. The van der Waals surface area contributed by atoms with Gasteiger partial charge in [0.25, 0.3) is 5.91 Å². The zero-order valence-corrected chi connectivity index (χ0v) is 19.0. The van der Waals surface area contributed by atoms with Gasteiger partial charge in [-0.05, 0) is 62.7 Å². The summed E-state index contributed by atoms with van der Waals surface area (Å²) in [4.78, 5) is 17.4. The lowest BCUT2D eigenvalue weighted by Gasteiger charge is -2.34. The zero-order valence-electron chi connectivity index (χ0n) is 18.2. The first-order chi connectivity index (χ1) is 14.9. The van der Waals surface area contributed by atoms with Crippen LogP contribution in [0.4, 0.5) is 0 Å². The lowest BCUT2D eigenvalue weighted by Crippen LogP contribution is -2.50. The molecule has 7 heteroatoms. The van der Waals surface area contributed by atoms with E-state index in [1.165, 1.54) is 29.1 Å². The number of hydrogen-bond acceptors (Lipinski definition) is 4. The molecule has 1 amide bonds. The Balaban J connectivity index is 1.34. The highest BCUT2D eigenvalue weighted by molar-refractivity contribution is 7.89. The van der Waals surface area contributed by atoms with E-state index in [1.807, 2.05) is 43.3 Å². The Morgan fingerprint density at radius 3 is 2.03 bits per heavy atom. The fraction of sp³-hybridized carbons (Fsp3) is 0.458. The maximum atomic E-state index is 12.9. The van der Waals surface area contributed by atoms with Crippen molar-refractivity contribution in [1.82, 2.24) is 14.1 Å². The first kappa shape index (κ1) is 22.0. The summed E-state index contributed by atoms with van der Waals surface area (Å²) in [5.41, 5.74) is 2.92. The maximum absolute atomic E-state index is 12.9. The number of sulfonamides is 1. The third kappa shape index (κ3) is 5.17. The van der Waals surface area contributed by atoms with Crippen LogP contribution in [-0.4, -0.2) is 67.7 Å². The van der Waals surface area contributed by atoms with E-state index < -0.39 is 10.0 Å². The van der Waals surface area contributed by atoms with Gasteiger partial charge >= 0.3 is 0 Å². The van der Waals surface area contributed by atoms with Gasteiger partial charge < -0.3 is 4.90 Å². The topological polar surface area (TPSA) is 60.9 Å². The van der Waals surface area contributed by atoms with Crippen LogP contribution in [0.2, 0.25) is 0 Å². The predicted octanol–water partition coefficient (Wildman–Crippen LogP) is 3.13. The van der Waals surface area contributed by atoms with Crippen LogP contribution in [0.1, 0.15) is 40.7 Å². The molecule has 2 aliphatic heterocycles. The molecule has 0 aromatic heterocycles. The number of rotatable bonds is 5. The summed E-state index contributed by atoms with van der Waals surface area (Å²) in [5, 5.41) is 0. The first-order valence-electron chi connectivity index (χ1n) is 11.1. The van der Waals surface area contributed by atoms with E-state index >= 15 is 0 Å². The molecule has 4 rings (SSSR count). The number of amides is 1. The number of aryl methyl sites for hydroxylation is 1. The molecule has 2 aromatic carbocycles. The molecule has 6 nitrogen and oxygen atoms in total. The van der Waals surface area contributed by atoms with Crippen LogP contribution >= 0.6 is 0 Å². The van der Waals surface area contributed by atoms with E-state index in [-0.39, 0.29) is 5.91 Å². The fourth-order valence-corrected chi connectivity index (χ4v) is 5.72. The Labute approximate surface area is 185 Å². The summed E-state index contributed by atoms with van der Waals surface area (Å²) in [6.45, 7) is 6.60. The molecule has 0 unspecified atom stereocenters. The van der Waals surface area contributed by atoms with Crippen molar-refractivity contribution in [2.24, 2.45) is 0 Å². The van der Waals surface area contributed by atoms with E-state index in [9.17, 15) is 13.2 Å². The van der Waals surface area contributed by atoms with Crippen molar-refractivity contribution in [2.75, 3.05) is 39.3 Å². The molecule has 2 aromatic rings. The van der Waals surface area contributed by atoms with Gasteiger partial charge in [0.1, 0.15) is 0 Å². The zero-order chi connectivity index (χ0) is 21.8. The van der Waals surface area contributed by atoms with Crippen LogP contribution < -0.4 is 0 Å². The number of nitrogens with zero attached hydrogens (tertiary/aromatic N) is 3. The molecular weight excluding hydrogens is 410 g/mol. The summed E-state index contributed by atoms with van der Waals surface area (Å²) < 4.78 is 27.2. The lowest BCUT2D eigenvalue weighted by molar-refractivity contribution is 0.0698. The lowest BCUT2D eigenvalue weighted by atomic mass is 10.1. The second-order valence-electron chi connectivity index (χ2n) is 8.54. The van der Waals surface area contributed by atoms with Crippen molar-refractivity contribution in [3.05, 3.63) is 65.2 Å². The minimum Gasteiger partial charge on any atom is -0.336 e. The molecule has 0 spiro atoms. The van der Waals surface area contributed by atoms with E-state index in [0.29, 0.717) is 36.6 Å². The molecule has 0 aliphatic carbocycles.